The summed E-state index contributed by atoms with van der Waals surface area (Å²) in [6.07, 6.45) is 0. The molecule has 1 heterocycles. The zero-order chi connectivity index (χ0) is 13.4. The lowest BCUT2D eigenvalue weighted by Crippen LogP contribution is -2.06. The third kappa shape index (κ3) is 2.35. The molecule has 0 spiro atoms. The van der Waals surface area contributed by atoms with Gasteiger partial charge in [-0.25, -0.2) is 0 Å². The molecule has 2 aromatic rings. The van der Waals surface area contributed by atoms with Gasteiger partial charge in [0, 0.05) is 21.7 Å². The number of thiophene rings is 1. The van der Waals surface area contributed by atoms with Crippen molar-refractivity contribution in [3.8, 4) is 0 Å². The van der Waals surface area contributed by atoms with Crippen LogP contribution < -0.4 is 5.73 Å². The van der Waals surface area contributed by atoms with Crippen LogP contribution in [0.2, 0.25) is 0 Å². The minimum atomic E-state index is 0.0404. The van der Waals surface area contributed by atoms with Crippen LogP contribution in [-0.4, -0.2) is 5.78 Å². The van der Waals surface area contributed by atoms with Gasteiger partial charge >= 0.3 is 0 Å². The molecule has 0 atom stereocenters. The molecule has 0 saturated heterocycles. The van der Waals surface area contributed by atoms with Gasteiger partial charge in [-0.15, -0.1) is 11.3 Å². The maximum Gasteiger partial charge on any atom is 0.194 e. The molecule has 0 bridgehead atoms. The predicted octanol–water partition coefficient (Wildman–Crippen LogP) is 4.25. The highest BCUT2D eigenvalue weighted by molar-refractivity contribution is 9.11. The number of hydrogen-bond donors (Lipinski definition) is 1. The lowest BCUT2D eigenvalue weighted by Gasteiger charge is -2.08. The van der Waals surface area contributed by atoms with Gasteiger partial charge in [-0.2, -0.15) is 0 Å². The summed E-state index contributed by atoms with van der Waals surface area (Å²) < 4.78 is 0.973. The maximum atomic E-state index is 12.5. The molecule has 2 rings (SSSR count). The van der Waals surface area contributed by atoms with Crippen LogP contribution in [0, 0.1) is 20.8 Å². The van der Waals surface area contributed by atoms with Crippen molar-refractivity contribution in [2.75, 3.05) is 5.73 Å². The van der Waals surface area contributed by atoms with Crippen LogP contribution in [-0.2, 0) is 0 Å². The Kier molecular flexibility index (Phi) is 3.59. The van der Waals surface area contributed by atoms with E-state index in [9.17, 15) is 4.79 Å². The molecule has 18 heavy (non-hydrogen) atoms. The molecule has 0 unspecified atom stereocenters. The monoisotopic (exact) mass is 323 g/mol. The second-order valence-electron chi connectivity index (χ2n) is 4.37. The SMILES string of the molecule is Cc1cc(C)c(C(=O)c2cc(Br)sc2C)cc1N. The molecule has 94 valence electrons. The minimum absolute atomic E-state index is 0.0404. The molecule has 2 N–H and O–H groups in total. The van der Waals surface area contributed by atoms with Gasteiger partial charge in [0.25, 0.3) is 0 Å². The number of carbonyl (C=O) groups is 1. The van der Waals surface area contributed by atoms with Gasteiger partial charge in [0.1, 0.15) is 0 Å². The highest BCUT2D eigenvalue weighted by atomic mass is 79.9. The smallest absolute Gasteiger partial charge is 0.194 e. The number of halogens is 1. The first kappa shape index (κ1) is 13.3. The van der Waals surface area contributed by atoms with Crippen molar-refractivity contribution in [1.82, 2.24) is 0 Å². The van der Waals surface area contributed by atoms with Crippen molar-refractivity contribution in [1.29, 1.82) is 0 Å². The van der Waals surface area contributed by atoms with Gasteiger partial charge < -0.3 is 5.73 Å². The number of ketones is 1. The summed E-state index contributed by atoms with van der Waals surface area (Å²) in [5.74, 6) is 0.0404. The first-order chi connectivity index (χ1) is 8.40. The summed E-state index contributed by atoms with van der Waals surface area (Å²) in [6.45, 7) is 5.84. The zero-order valence-electron chi connectivity index (χ0n) is 10.5. The molecule has 0 saturated carbocycles. The summed E-state index contributed by atoms with van der Waals surface area (Å²) in [6, 6.07) is 5.61. The van der Waals surface area contributed by atoms with Crippen LogP contribution in [0.3, 0.4) is 0 Å². The fourth-order valence-electron chi connectivity index (χ4n) is 1.93. The molecule has 1 aromatic carbocycles. The van der Waals surface area contributed by atoms with E-state index in [-0.39, 0.29) is 5.78 Å². The highest BCUT2D eigenvalue weighted by Gasteiger charge is 2.17. The molecular weight excluding hydrogens is 310 g/mol. The van der Waals surface area contributed by atoms with E-state index < -0.39 is 0 Å². The van der Waals surface area contributed by atoms with Gasteiger partial charge in [-0.1, -0.05) is 6.07 Å². The molecule has 0 fully saturated rings. The summed E-state index contributed by atoms with van der Waals surface area (Å²) >= 11 is 4.98. The Hall–Kier alpha value is -1.13. The summed E-state index contributed by atoms with van der Waals surface area (Å²) in [4.78, 5) is 13.5. The molecule has 0 radical (unpaired) electrons. The first-order valence-electron chi connectivity index (χ1n) is 5.57. The summed E-state index contributed by atoms with van der Waals surface area (Å²) in [5, 5.41) is 0. The van der Waals surface area contributed by atoms with E-state index >= 15 is 0 Å². The van der Waals surface area contributed by atoms with Crippen LogP contribution in [0.4, 0.5) is 5.69 Å². The molecule has 4 heteroatoms. The Morgan fingerprint density at radius 2 is 1.78 bits per heavy atom. The topological polar surface area (TPSA) is 43.1 Å². The average molecular weight is 324 g/mol. The normalized spacial score (nSPS) is 10.7. The van der Waals surface area contributed by atoms with E-state index in [1.165, 1.54) is 0 Å². The van der Waals surface area contributed by atoms with Crippen LogP contribution in [0.25, 0.3) is 0 Å². The van der Waals surface area contributed by atoms with Crippen LogP contribution in [0.15, 0.2) is 22.0 Å². The van der Waals surface area contributed by atoms with E-state index in [0.717, 1.165) is 25.4 Å². The van der Waals surface area contributed by atoms with E-state index in [2.05, 4.69) is 15.9 Å². The quantitative estimate of drug-likeness (QED) is 0.663. The Bertz CT molecular complexity index is 631. The van der Waals surface area contributed by atoms with Gasteiger partial charge in [0.2, 0.25) is 0 Å². The van der Waals surface area contributed by atoms with E-state index in [1.54, 1.807) is 17.4 Å². The molecule has 0 aliphatic carbocycles. The summed E-state index contributed by atoms with van der Waals surface area (Å²) in [7, 11) is 0. The third-order valence-corrected chi connectivity index (χ3v) is 4.54. The van der Waals surface area contributed by atoms with E-state index in [4.69, 9.17) is 5.73 Å². The third-order valence-electron chi connectivity index (χ3n) is 2.99. The molecular formula is C14H14BrNOS. The molecule has 1 aromatic heterocycles. The van der Waals surface area contributed by atoms with Gasteiger partial charge in [0.15, 0.2) is 5.78 Å². The van der Waals surface area contributed by atoms with Crippen molar-refractivity contribution >= 4 is 38.7 Å². The van der Waals surface area contributed by atoms with E-state index in [0.29, 0.717) is 11.3 Å². The van der Waals surface area contributed by atoms with Crippen molar-refractivity contribution in [3.63, 3.8) is 0 Å². The second kappa shape index (κ2) is 4.86. The predicted molar refractivity (Wildman–Crippen MR) is 80.5 cm³/mol. The number of benzene rings is 1. The van der Waals surface area contributed by atoms with Crippen LogP contribution in [0.5, 0.6) is 0 Å². The molecule has 2 nitrogen and oxygen atoms in total. The number of nitrogens with two attached hydrogens (primary N) is 1. The average Bonchev–Trinajstić information content (AvgIpc) is 2.62. The molecule has 0 aliphatic rings. The summed E-state index contributed by atoms with van der Waals surface area (Å²) in [5.41, 5.74) is 9.96. The number of hydrogen-bond acceptors (Lipinski definition) is 3. The van der Waals surface area contributed by atoms with Gasteiger partial charge in [-0.05, 0) is 60.0 Å². The van der Waals surface area contributed by atoms with Crippen molar-refractivity contribution in [3.05, 3.63) is 49.1 Å². The molecule has 0 amide bonds. The highest BCUT2D eigenvalue weighted by Crippen LogP contribution is 2.29. The maximum absolute atomic E-state index is 12.5. The molecule has 0 aliphatic heterocycles. The zero-order valence-corrected chi connectivity index (χ0v) is 12.9. The number of aryl methyl sites for hydroxylation is 3. The van der Waals surface area contributed by atoms with Crippen LogP contribution in [0.1, 0.15) is 31.9 Å². The number of rotatable bonds is 2. The fraction of sp³-hybridized carbons (Fsp3) is 0.214. The second-order valence-corrected chi connectivity index (χ2v) is 7.01. The Labute approximate surface area is 119 Å². The number of carbonyl (C=O) groups excluding carboxylic acids is 1. The number of nitrogen functional groups attached to an aromatic ring is 1. The fourth-order valence-corrected chi connectivity index (χ4v) is 3.62. The minimum Gasteiger partial charge on any atom is -0.398 e. The Morgan fingerprint density at radius 1 is 1.11 bits per heavy atom. The number of anilines is 1. The van der Waals surface area contributed by atoms with Crippen molar-refractivity contribution < 1.29 is 4.79 Å². The Balaban J connectivity index is 2.53. The van der Waals surface area contributed by atoms with Gasteiger partial charge in [0.05, 0.1) is 3.79 Å². The first-order valence-corrected chi connectivity index (χ1v) is 7.18. The lowest BCUT2D eigenvalue weighted by atomic mass is 9.97. The van der Waals surface area contributed by atoms with Crippen molar-refractivity contribution in [2.24, 2.45) is 0 Å². The van der Waals surface area contributed by atoms with Gasteiger partial charge in [-0.3, -0.25) is 4.79 Å². The largest absolute Gasteiger partial charge is 0.398 e. The standard InChI is InChI=1S/C14H14BrNOS/c1-7-4-8(2)12(16)5-10(7)14(17)11-6-13(15)18-9(11)3/h4-6H,16H2,1-3H3. The van der Waals surface area contributed by atoms with E-state index in [1.807, 2.05) is 32.9 Å². The lowest BCUT2D eigenvalue weighted by molar-refractivity contribution is 0.103. The van der Waals surface area contributed by atoms with Crippen LogP contribution >= 0.6 is 27.3 Å². The van der Waals surface area contributed by atoms with Crippen molar-refractivity contribution in [2.45, 2.75) is 20.8 Å². The Morgan fingerprint density at radius 3 is 2.33 bits per heavy atom.